The first-order valence-electron chi connectivity index (χ1n) is 7.39. The van der Waals surface area contributed by atoms with Gasteiger partial charge in [0.05, 0.1) is 12.6 Å². The highest BCUT2D eigenvalue weighted by molar-refractivity contribution is 7.80. The maximum Gasteiger partial charge on any atom is 0.233 e. The largest absolute Gasteiger partial charge is 0.487 e. The molecule has 1 N–H and O–H groups in total. The van der Waals surface area contributed by atoms with Crippen LogP contribution in [0.4, 0.5) is 5.69 Å². The molecule has 0 bridgehead atoms. The summed E-state index contributed by atoms with van der Waals surface area (Å²) in [5, 5.41) is 3.73. The molecule has 1 aliphatic rings. The van der Waals surface area contributed by atoms with Crippen LogP contribution < -0.4 is 5.32 Å². The number of ether oxygens (including phenoxy) is 4. The normalized spacial score (nSPS) is 24.5. The van der Waals surface area contributed by atoms with E-state index >= 15 is 0 Å². The second kappa shape index (κ2) is 6.02. The molecule has 2 rings (SSSR count). The van der Waals surface area contributed by atoms with Crippen molar-refractivity contribution in [2.75, 3.05) is 33.8 Å². The van der Waals surface area contributed by atoms with E-state index in [4.69, 9.17) is 31.2 Å². The van der Waals surface area contributed by atoms with E-state index in [0.29, 0.717) is 0 Å². The average molecular weight is 339 g/mol. The van der Waals surface area contributed by atoms with Crippen LogP contribution in [0.2, 0.25) is 0 Å². The lowest BCUT2D eigenvalue weighted by Gasteiger charge is -2.58. The number of rotatable bonds is 4. The van der Waals surface area contributed by atoms with E-state index in [0.717, 1.165) is 16.8 Å². The molecule has 0 aliphatic carbocycles. The first-order valence-corrected chi connectivity index (χ1v) is 7.80. The SMILES string of the molecule is COC(=S)C1(OC)c2cc(C)ccc2NC(C)(C)C1(OC)OC. The van der Waals surface area contributed by atoms with Crippen molar-refractivity contribution < 1.29 is 18.9 Å². The van der Waals surface area contributed by atoms with Gasteiger partial charge in [-0.3, -0.25) is 0 Å². The molecule has 1 aromatic rings. The van der Waals surface area contributed by atoms with E-state index in [9.17, 15) is 0 Å². The van der Waals surface area contributed by atoms with Crippen molar-refractivity contribution in [2.24, 2.45) is 0 Å². The van der Waals surface area contributed by atoms with Crippen LogP contribution in [0.3, 0.4) is 0 Å². The zero-order valence-electron chi connectivity index (χ0n) is 14.8. The summed E-state index contributed by atoms with van der Waals surface area (Å²) in [6, 6.07) is 6.05. The van der Waals surface area contributed by atoms with Gasteiger partial charge in [0.2, 0.25) is 16.4 Å². The molecule has 0 saturated carbocycles. The monoisotopic (exact) mass is 339 g/mol. The Morgan fingerprint density at radius 3 is 2.13 bits per heavy atom. The number of fused-ring (bicyclic) bond motifs is 1. The fourth-order valence-electron chi connectivity index (χ4n) is 3.69. The van der Waals surface area contributed by atoms with Crippen LogP contribution in [0.5, 0.6) is 0 Å². The molecule has 128 valence electrons. The van der Waals surface area contributed by atoms with Gasteiger partial charge < -0.3 is 24.3 Å². The number of nitrogens with one attached hydrogen (secondary N) is 1. The van der Waals surface area contributed by atoms with Crippen LogP contribution in [0.15, 0.2) is 18.2 Å². The van der Waals surface area contributed by atoms with Crippen LogP contribution in [-0.4, -0.2) is 44.8 Å². The minimum absolute atomic E-state index is 0.255. The van der Waals surface area contributed by atoms with Crippen molar-refractivity contribution in [1.82, 2.24) is 0 Å². The van der Waals surface area contributed by atoms with Crippen molar-refractivity contribution in [3.63, 3.8) is 0 Å². The molecule has 0 aromatic heterocycles. The third kappa shape index (κ3) is 2.20. The van der Waals surface area contributed by atoms with Crippen LogP contribution in [0, 0.1) is 6.92 Å². The predicted octanol–water partition coefficient (Wildman–Crippen LogP) is 3.00. The third-order valence-corrected chi connectivity index (χ3v) is 5.10. The molecule has 0 saturated heterocycles. The summed E-state index contributed by atoms with van der Waals surface area (Å²) in [6.45, 7) is 5.97. The van der Waals surface area contributed by atoms with E-state index in [2.05, 4.69) is 5.32 Å². The molecule has 1 aliphatic heterocycles. The maximum atomic E-state index is 5.99. The molecule has 23 heavy (non-hydrogen) atoms. The summed E-state index contributed by atoms with van der Waals surface area (Å²) < 4.78 is 23.2. The molecule has 0 fully saturated rings. The van der Waals surface area contributed by atoms with Gasteiger partial charge in [0.1, 0.15) is 0 Å². The maximum absolute atomic E-state index is 5.99. The molecule has 0 radical (unpaired) electrons. The van der Waals surface area contributed by atoms with Crippen molar-refractivity contribution >= 4 is 23.0 Å². The van der Waals surface area contributed by atoms with Gasteiger partial charge in [0.25, 0.3) is 0 Å². The molecule has 5 nitrogen and oxygen atoms in total. The van der Waals surface area contributed by atoms with Crippen molar-refractivity contribution in [2.45, 2.75) is 37.7 Å². The topological polar surface area (TPSA) is 49.0 Å². The Balaban J connectivity index is 2.93. The van der Waals surface area contributed by atoms with E-state index in [1.165, 1.54) is 7.11 Å². The summed E-state index contributed by atoms with van der Waals surface area (Å²) in [7, 11) is 6.29. The molecule has 1 unspecified atom stereocenters. The Morgan fingerprint density at radius 2 is 1.65 bits per heavy atom. The zero-order chi connectivity index (χ0) is 17.5. The number of thiocarbonyl (C=S) groups is 1. The number of hydrogen-bond donors (Lipinski definition) is 1. The highest BCUT2D eigenvalue weighted by Gasteiger charge is 2.69. The Hall–Kier alpha value is -1.21. The molecule has 1 heterocycles. The summed E-state index contributed by atoms with van der Waals surface area (Å²) in [5.41, 5.74) is 0.974. The Morgan fingerprint density at radius 1 is 1.04 bits per heavy atom. The third-order valence-electron chi connectivity index (χ3n) is 4.64. The Labute approximate surface area is 143 Å². The molecule has 0 amide bonds. The lowest BCUT2D eigenvalue weighted by molar-refractivity contribution is -0.319. The molecule has 1 aromatic carbocycles. The van der Waals surface area contributed by atoms with Crippen LogP contribution in [-0.2, 0) is 24.5 Å². The lowest BCUT2D eigenvalue weighted by Crippen LogP contribution is -2.74. The minimum Gasteiger partial charge on any atom is -0.487 e. The fourth-order valence-corrected chi connectivity index (χ4v) is 4.02. The predicted molar refractivity (Wildman–Crippen MR) is 93.9 cm³/mol. The average Bonchev–Trinajstić information content (AvgIpc) is 2.53. The first kappa shape index (κ1) is 18.1. The summed E-state index contributed by atoms with van der Waals surface area (Å²) >= 11 is 5.56. The van der Waals surface area contributed by atoms with E-state index in [1.807, 2.05) is 39.0 Å². The van der Waals surface area contributed by atoms with Gasteiger partial charge in [0.15, 0.2) is 0 Å². The molecule has 0 spiro atoms. The quantitative estimate of drug-likeness (QED) is 0.672. The number of hydrogen-bond acceptors (Lipinski definition) is 6. The van der Waals surface area contributed by atoms with Crippen LogP contribution in [0.25, 0.3) is 0 Å². The van der Waals surface area contributed by atoms with Crippen molar-refractivity contribution in [3.8, 4) is 0 Å². The van der Waals surface area contributed by atoms with Gasteiger partial charge in [-0.15, -0.1) is 0 Å². The minimum atomic E-state index is -1.22. The second-order valence-corrected chi connectivity index (χ2v) is 6.57. The summed E-state index contributed by atoms with van der Waals surface area (Å²) in [6.07, 6.45) is 0. The van der Waals surface area contributed by atoms with Crippen LogP contribution in [0.1, 0.15) is 25.0 Å². The Bertz CT molecular complexity index is 613. The van der Waals surface area contributed by atoms with Gasteiger partial charge in [-0.25, -0.2) is 0 Å². The number of benzene rings is 1. The summed E-state index contributed by atoms with van der Waals surface area (Å²) in [4.78, 5) is 0. The molecular weight excluding hydrogens is 314 g/mol. The fraction of sp³-hybridized carbons (Fsp3) is 0.588. The standard InChI is InChI=1S/C17H25NO4S/c1-11-8-9-13-12(10-11)16(20-5,14(23)19-4)17(21-6,22-7)15(2,3)18-13/h8-10,18H,1-7H3. The van der Waals surface area contributed by atoms with E-state index < -0.39 is 16.9 Å². The van der Waals surface area contributed by atoms with Gasteiger partial charge in [-0.05, 0) is 39.1 Å². The van der Waals surface area contributed by atoms with Gasteiger partial charge >= 0.3 is 0 Å². The molecule has 6 heteroatoms. The van der Waals surface area contributed by atoms with Crippen molar-refractivity contribution in [1.29, 1.82) is 0 Å². The van der Waals surface area contributed by atoms with E-state index in [1.54, 1.807) is 21.3 Å². The lowest BCUT2D eigenvalue weighted by atomic mass is 9.70. The molecule has 1 atom stereocenters. The second-order valence-electron chi connectivity index (χ2n) is 6.20. The zero-order valence-corrected chi connectivity index (χ0v) is 15.6. The van der Waals surface area contributed by atoms with Gasteiger partial charge in [-0.2, -0.15) is 0 Å². The first-order chi connectivity index (χ1) is 10.8. The van der Waals surface area contributed by atoms with Crippen LogP contribution >= 0.6 is 12.2 Å². The smallest absolute Gasteiger partial charge is 0.233 e. The molecular formula is C17H25NO4S. The number of aryl methyl sites for hydroxylation is 1. The number of anilines is 1. The van der Waals surface area contributed by atoms with Gasteiger partial charge in [0, 0.05) is 32.6 Å². The van der Waals surface area contributed by atoms with Crippen molar-refractivity contribution in [3.05, 3.63) is 29.3 Å². The number of methoxy groups -OCH3 is 4. The van der Waals surface area contributed by atoms with Gasteiger partial charge in [-0.1, -0.05) is 17.7 Å². The highest BCUT2D eigenvalue weighted by Crippen LogP contribution is 2.54. The summed E-state index contributed by atoms with van der Waals surface area (Å²) in [5.74, 6) is -1.22. The van der Waals surface area contributed by atoms with E-state index in [-0.39, 0.29) is 5.05 Å². The highest BCUT2D eigenvalue weighted by atomic mass is 32.1. The Kier molecular flexibility index (Phi) is 4.74.